The number of hydrogen-bond donors (Lipinski definition) is 1. The Hall–Kier alpha value is -0.900. The van der Waals surface area contributed by atoms with Gasteiger partial charge in [-0.15, -0.1) is 5.10 Å². The Morgan fingerprint density at radius 2 is 2.12 bits per heavy atom. The van der Waals surface area contributed by atoms with E-state index < -0.39 is 0 Å². The van der Waals surface area contributed by atoms with Gasteiger partial charge in [-0.25, -0.2) is 0 Å². The average molecular weight is 234 g/mol. The first-order valence-corrected chi connectivity index (χ1v) is 7.02. The van der Waals surface area contributed by atoms with E-state index in [2.05, 4.69) is 26.5 Å². The molecule has 2 fully saturated rings. The van der Waals surface area contributed by atoms with Gasteiger partial charge in [0.05, 0.1) is 5.69 Å². The van der Waals surface area contributed by atoms with Crippen LogP contribution in [-0.2, 0) is 6.54 Å². The van der Waals surface area contributed by atoms with Gasteiger partial charge < -0.3 is 5.32 Å². The Morgan fingerprint density at radius 1 is 1.24 bits per heavy atom. The highest BCUT2D eigenvalue weighted by Gasteiger charge is 2.21. The fraction of sp³-hybridized carbons (Fsp3) is 0.846. The molecule has 2 aliphatic rings. The zero-order valence-corrected chi connectivity index (χ0v) is 10.4. The van der Waals surface area contributed by atoms with Gasteiger partial charge in [0.2, 0.25) is 0 Å². The Labute approximate surface area is 103 Å². The first-order valence-electron chi connectivity index (χ1n) is 7.02. The van der Waals surface area contributed by atoms with E-state index in [0.717, 1.165) is 19.0 Å². The van der Waals surface area contributed by atoms with Crippen LogP contribution in [0.5, 0.6) is 0 Å². The standard InChI is InChI=1S/C13H22N4/c1-2-6-12(5-1)13-10-17(16-15-13)9-11-4-3-7-14-8-11/h10-12,14H,1-9H2. The number of piperidine rings is 1. The number of rotatable bonds is 3. The number of nitrogens with zero attached hydrogens (tertiary/aromatic N) is 3. The second-order valence-electron chi connectivity index (χ2n) is 5.56. The van der Waals surface area contributed by atoms with Crippen LogP contribution in [0.25, 0.3) is 0 Å². The van der Waals surface area contributed by atoms with Gasteiger partial charge in [-0.05, 0) is 44.7 Å². The highest BCUT2D eigenvalue weighted by atomic mass is 15.4. The summed E-state index contributed by atoms with van der Waals surface area (Å²) in [4.78, 5) is 0. The minimum absolute atomic E-state index is 0.688. The van der Waals surface area contributed by atoms with Crippen molar-refractivity contribution in [3.8, 4) is 0 Å². The number of nitrogens with one attached hydrogen (secondary N) is 1. The molecule has 1 unspecified atom stereocenters. The number of aromatic nitrogens is 3. The summed E-state index contributed by atoms with van der Waals surface area (Å²) in [5.74, 6) is 1.43. The summed E-state index contributed by atoms with van der Waals surface area (Å²) in [6.07, 6.45) is 10.2. The summed E-state index contributed by atoms with van der Waals surface area (Å²) in [5, 5.41) is 12.1. The molecule has 0 amide bonds. The SMILES string of the molecule is c1c(C2CCCC2)nnn1CC1CCCNC1. The third kappa shape index (κ3) is 2.68. The van der Waals surface area contributed by atoms with Crippen molar-refractivity contribution in [2.75, 3.05) is 13.1 Å². The average Bonchev–Trinajstić information content (AvgIpc) is 3.00. The molecular weight excluding hydrogens is 212 g/mol. The van der Waals surface area contributed by atoms with Gasteiger partial charge in [0.15, 0.2) is 0 Å². The minimum atomic E-state index is 0.688. The van der Waals surface area contributed by atoms with Crippen molar-refractivity contribution >= 4 is 0 Å². The van der Waals surface area contributed by atoms with E-state index in [-0.39, 0.29) is 0 Å². The van der Waals surface area contributed by atoms with Crippen LogP contribution in [0.4, 0.5) is 0 Å². The third-order valence-electron chi connectivity index (χ3n) is 4.17. The molecule has 1 atom stereocenters. The van der Waals surface area contributed by atoms with Crippen molar-refractivity contribution in [3.63, 3.8) is 0 Å². The molecule has 4 heteroatoms. The van der Waals surface area contributed by atoms with Crippen LogP contribution in [0.15, 0.2) is 6.20 Å². The van der Waals surface area contributed by atoms with Gasteiger partial charge in [0.25, 0.3) is 0 Å². The maximum atomic E-state index is 4.36. The normalized spacial score (nSPS) is 26.5. The fourth-order valence-corrected chi connectivity index (χ4v) is 3.16. The summed E-state index contributed by atoms with van der Waals surface area (Å²) in [6.45, 7) is 3.35. The van der Waals surface area contributed by atoms with Crippen LogP contribution in [0.2, 0.25) is 0 Å². The topological polar surface area (TPSA) is 42.7 Å². The lowest BCUT2D eigenvalue weighted by atomic mass is 10.00. The van der Waals surface area contributed by atoms with Crippen molar-refractivity contribution in [1.29, 1.82) is 0 Å². The lowest BCUT2D eigenvalue weighted by molar-refractivity contribution is 0.322. The van der Waals surface area contributed by atoms with Gasteiger partial charge >= 0.3 is 0 Å². The highest BCUT2D eigenvalue weighted by molar-refractivity contribution is 5.03. The Kier molecular flexibility index (Phi) is 3.41. The Balaban J connectivity index is 1.59. The van der Waals surface area contributed by atoms with Crippen molar-refractivity contribution in [1.82, 2.24) is 20.3 Å². The van der Waals surface area contributed by atoms with Crippen LogP contribution in [-0.4, -0.2) is 28.1 Å². The maximum absolute atomic E-state index is 4.36. The van der Waals surface area contributed by atoms with E-state index in [9.17, 15) is 0 Å². The van der Waals surface area contributed by atoms with Crippen LogP contribution < -0.4 is 5.32 Å². The molecule has 1 aliphatic heterocycles. The van der Waals surface area contributed by atoms with E-state index in [0.29, 0.717) is 5.92 Å². The predicted molar refractivity (Wildman–Crippen MR) is 66.8 cm³/mol. The van der Waals surface area contributed by atoms with Gasteiger partial charge in [-0.1, -0.05) is 18.1 Å². The molecule has 0 bridgehead atoms. The quantitative estimate of drug-likeness (QED) is 0.869. The zero-order valence-electron chi connectivity index (χ0n) is 10.4. The van der Waals surface area contributed by atoms with Crippen molar-refractivity contribution in [2.45, 2.75) is 51.0 Å². The first kappa shape index (κ1) is 11.2. The lowest BCUT2D eigenvalue weighted by Crippen LogP contribution is -2.32. The molecule has 0 radical (unpaired) electrons. The van der Waals surface area contributed by atoms with E-state index in [1.54, 1.807) is 0 Å². The molecule has 3 rings (SSSR count). The van der Waals surface area contributed by atoms with Gasteiger partial charge in [-0.2, -0.15) is 0 Å². The second-order valence-corrected chi connectivity index (χ2v) is 5.56. The Morgan fingerprint density at radius 3 is 2.88 bits per heavy atom. The summed E-state index contributed by atoms with van der Waals surface area (Å²) >= 11 is 0. The molecule has 0 aromatic carbocycles. The fourth-order valence-electron chi connectivity index (χ4n) is 3.16. The van der Waals surface area contributed by atoms with E-state index in [1.807, 2.05) is 0 Å². The molecule has 1 saturated heterocycles. The minimum Gasteiger partial charge on any atom is -0.316 e. The molecular formula is C13H22N4. The molecule has 1 aromatic heterocycles. The van der Waals surface area contributed by atoms with Crippen LogP contribution in [0, 0.1) is 5.92 Å². The Bertz CT molecular complexity index is 348. The molecule has 2 heterocycles. The smallest absolute Gasteiger partial charge is 0.0857 e. The lowest BCUT2D eigenvalue weighted by Gasteiger charge is -2.22. The van der Waals surface area contributed by atoms with Crippen LogP contribution in [0.3, 0.4) is 0 Å². The third-order valence-corrected chi connectivity index (χ3v) is 4.17. The van der Waals surface area contributed by atoms with Crippen molar-refractivity contribution < 1.29 is 0 Å². The summed E-state index contributed by atoms with van der Waals surface area (Å²) < 4.78 is 2.06. The van der Waals surface area contributed by atoms with Crippen LogP contribution >= 0.6 is 0 Å². The van der Waals surface area contributed by atoms with Crippen LogP contribution in [0.1, 0.15) is 50.1 Å². The molecule has 1 aromatic rings. The van der Waals surface area contributed by atoms with Gasteiger partial charge in [0.1, 0.15) is 0 Å². The van der Waals surface area contributed by atoms with Crippen molar-refractivity contribution in [3.05, 3.63) is 11.9 Å². The van der Waals surface area contributed by atoms with Gasteiger partial charge in [-0.3, -0.25) is 4.68 Å². The summed E-state index contributed by atoms with van der Waals surface area (Å²) in [5.41, 5.74) is 1.23. The monoisotopic (exact) mass is 234 g/mol. The molecule has 94 valence electrons. The summed E-state index contributed by atoms with van der Waals surface area (Å²) in [7, 11) is 0. The predicted octanol–water partition coefficient (Wildman–Crippen LogP) is 1.94. The van der Waals surface area contributed by atoms with Crippen molar-refractivity contribution in [2.24, 2.45) is 5.92 Å². The highest BCUT2D eigenvalue weighted by Crippen LogP contribution is 2.32. The zero-order chi connectivity index (χ0) is 11.5. The van der Waals surface area contributed by atoms with E-state index >= 15 is 0 Å². The van der Waals surface area contributed by atoms with Gasteiger partial charge in [0, 0.05) is 18.7 Å². The molecule has 4 nitrogen and oxygen atoms in total. The molecule has 17 heavy (non-hydrogen) atoms. The molecule has 1 aliphatic carbocycles. The molecule has 1 N–H and O–H groups in total. The number of hydrogen-bond acceptors (Lipinski definition) is 3. The first-order chi connectivity index (χ1) is 8.42. The molecule has 0 spiro atoms. The molecule has 1 saturated carbocycles. The summed E-state index contributed by atoms with van der Waals surface area (Å²) in [6, 6.07) is 0. The maximum Gasteiger partial charge on any atom is 0.0857 e. The van der Waals surface area contributed by atoms with E-state index in [1.165, 1.54) is 50.8 Å². The second kappa shape index (κ2) is 5.17. The van der Waals surface area contributed by atoms with E-state index in [4.69, 9.17) is 0 Å². The largest absolute Gasteiger partial charge is 0.316 e.